The molecule has 0 N–H and O–H groups in total. The van der Waals surface area contributed by atoms with Crippen molar-refractivity contribution in [2.75, 3.05) is 0 Å². The van der Waals surface area contributed by atoms with Crippen molar-refractivity contribution in [2.45, 2.75) is 12.3 Å². The first-order valence-electron chi connectivity index (χ1n) is 5.79. The van der Waals surface area contributed by atoms with Crippen LogP contribution in [-0.4, -0.2) is 4.92 Å². The minimum atomic E-state index is -0.761. The maximum atomic E-state index is 13.7. The van der Waals surface area contributed by atoms with Crippen molar-refractivity contribution in [3.63, 3.8) is 0 Å². The summed E-state index contributed by atoms with van der Waals surface area (Å²) < 4.78 is 19.1. The van der Waals surface area contributed by atoms with Crippen molar-refractivity contribution in [1.82, 2.24) is 0 Å². The molecule has 0 saturated carbocycles. The van der Waals surface area contributed by atoms with Gasteiger partial charge >= 0.3 is 5.69 Å². The summed E-state index contributed by atoms with van der Waals surface area (Å²) in [5.74, 6) is -0.738. The molecule has 0 unspecified atom stereocenters. The molecule has 0 radical (unpaired) electrons. The van der Waals surface area contributed by atoms with E-state index in [2.05, 4.69) is 15.9 Å². The zero-order valence-corrected chi connectivity index (χ0v) is 12.2. The minimum absolute atomic E-state index is 0.368. The Morgan fingerprint density at radius 3 is 2.70 bits per heavy atom. The molecule has 20 heavy (non-hydrogen) atoms. The Bertz CT molecular complexity index is 661. The van der Waals surface area contributed by atoms with Crippen LogP contribution in [0, 0.1) is 22.9 Å². The lowest BCUT2D eigenvalue weighted by Crippen LogP contribution is -1.97. The van der Waals surface area contributed by atoms with Crippen molar-refractivity contribution in [1.29, 1.82) is 0 Å². The second kappa shape index (κ2) is 6.00. The molecular formula is C14H11BrFNO3. The molecule has 0 aliphatic rings. The highest BCUT2D eigenvalue weighted by Crippen LogP contribution is 2.35. The van der Waals surface area contributed by atoms with Crippen LogP contribution >= 0.6 is 15.9 Å². The second-order valence-electron chi connectivity index (χ2n) is 4.18. The molecule has 2 aromatic rings. The molecule has 4 nitrogen and oxygen atoms in total. The number of hydrogen-bond acceptors (Lipinski definition) is 3. The van der Waals surface area contributed by atoms with Crippen LogP contribution in [0.5, 0.6) is 11.5 Å². The number of aryl methyl sites for hydroxylation is 1. The average Bonchev–Trinajstić information content (AvgIpc) is 2.42. The van der Waals surface area contributed by atoms with Gasteiger partial charge in [-0.2, -0.15) is 0 Å². The van der Waals surface area contributed by atoms with E-state index in [4.69, 9.17) is 4.74 Å². The topological polar surface area (TPSA) is 52.4 Å². The molecule has 0 heterocycles. The molecule has 0 saturated heterocycles. The van der Waals surface area contributed by atoms with Gasteiger partial charge in [0.1, 0.15) is 5.75 Å². The number of hydrogen-bond donors (Lipinski definition) is 0. The highest BCUT2D eigenvalue weighted by Gasteiger charge is 2.20. The fraction of sp³-hybridized carbons (Fsp3) is 0.143. The molecule has 104 valence electrons. The van der Waals surface area contributed by atoms with Gasteiger partial charge in [0.2, 0.25) is 5.75 Å². The molecule has 0 aromatic heterocycles. The van der Waals surface area contributed by atoms with Crippen LogP contribution in [0.3, 0.4) is 0 Å². The third kappa shape index (κ3) is 2.96. The highest BCUT2D eigenvalue weighted by atomic mass is 79.9. The lowest BCUT2D eigenvalue weighted by molar-refractivity contribution is -0.385. The maximum Gasteiger partial charge on any atom is 0.314 e. The van der Waals surface area contributed by atoms with E-state index in [1.165, 1.54) is 12.1 Å². The quantitative estimate of drug-likeness (QED) is 0.459. The molecule has 0 atom stereocenters. The summed E-state index contributed by atoms with van der Waals surface area (Å²) in [5, 5.41) is 11.6. The number of benzene rings is 2. The zero-order valence-electron chi connectivity index (χ0n) is 10.6. The fourth-order valence-electron chi connectivity index (χ4n) is 1.76. The Balaban J connectivity index is 2.42. The van der Waals surface area contributed by atoms with E-state index in [1.54, 1.807) is 13.0 Å². The predicted molar refractivity (Wildman–Crippen MR) is 76.9 cm³/mol. The van der Waals surface area contributed by atoms with Gasteiger partial charge in [0.15, 0.2) is 5.82 Å². The minimum Gasteiger partial charge on any atom is -0.447 e. The van der Waals surface area contributed by atoms with Crippen LogP contribution in [0.2, 0.25) is 0 Å². The van der Waals surface area contributed by atoms with Gasteiger partial charge in [-0.25, -0.2) is 4.39 Å². The highest BCUT2D eigenvalue weighted by molar-refractivity contribution is 9.08. The molecule has 0 spiro atoms. The first-order valence-corrected chi connectivity index (χ1v) is 6.91. The summed E-state index contributed by atoms with van der Waals surface area (Å²) in [6, 6.07) is 8.97. The van der Waals surface area contributed by atoms with E-state index in [-0.39, 0.29) is 5.75 Å². The number of nitro benzene ring substituents is 1. The van der Waals surface area contributed by atoms with Crippen LogP contribution in [-0.2, 0) is 5.33 Å². The Morgan fingerprint density at radius 1 is 1.35 bits per heavy atom. The lowest BCUT2D eigenvalue weighted by atomic mass is 10.1. The Labute approximate surface area is 123 Å². The van der Waals surface area contributed by atoms with Crippen molar-refractivity contribution in [3.8, 4) is 11.5 Å². The number of halogens is 2. The van der Waals surface area contributed by atoms with E-state index in [0.717, 1.165) is 17.2 Å². The summed E-state index contributed by atoms with van der Waals surface area (Å²) in [5.41, 5.74) is 1.42. The van der Waals surface area contributed by atoms with Crippen LogP contribution in [0.15, 0.2) is 36.4 Å². The van der Waals surface area contributed by atoms with Crippen LogP contribution in [0.25, 0.3) is 0 Å². The number of rotatable bonds is 4. The van der Waals surface area contributed by atoms with E-state index in [1.807, 2.05) is 12.1 Å². The first kappa shape index (κ1) is 14.5. The molecular weight excluding hydrogens is 329 g/mol. The average molecular weight is 340 g/mol. The normalized spacial score (nSPS) is 10.3. The van der Waals surface area contributed by atoms with E-state index >= 15 is 0 Å². The molecule has 6 heteroatoms. The maximum absolute atomic E-state index is 13.7. The third-order valence-corrected chi connectivity index (χ3v) is 3.40. The van der Waals surface area contributed by atoms with Crippen LogP contribution < -0.4 is 4.74 Å². The first-order chi connectivity index (χ1) is 9.52. The number of nitrogens with zero attached hydrogens (tertiary/aromatic N) is 1. The van der Waals surface area contributed by atoms with Gasteiger partial charge in [0.25, 0.3) is 0 Å². The van der Waals surface area contributed by atoms with Gasteiger partial charge in [0, 0.05) is 11.4 Å². The summed E-state index contributed by atoms with van der Waals surface area (Å²) in [6.45, 7) is 1.80. The summed E-state index contributed by atoms with van der Waals surface area (Å²) in [4.78, 5) is 10.2. The Hall–Kier alpha value is -1.95. The number of alkyl halides is 1. The van der Waals surface area contributed by atoms with E-state index in [0.29, 0.717) is 11.1 Å². The standard InChI is InChI=1S/C14H11BrFNO3/c1-9-7-10(8-15)5-6-13(9)20-14-11(16)3-2-4-12(14)17(18)19/h2-7H,8H2,1H3. The van der Waals surface area contributed by atoms with Gasteiger partial charge in [0.05, 0.1) is 4.92 Å². The van der Waals surface area contributed by atoms with Crippen molar-refractivity contribution < 1.29 is 14.1 Å². The van der Waals surface area contributed by atoms with Crippen LogP contribution in [0.4, 0.5) is 10.1 Å². The van der Waals surface area contributed by atoms with Gasteiger partial charge in [-0.3, -0.25) is 10.1 Å². The largest absolute Gasteiger partial charge is 0.447 e. The lowest BCUT2D eigenvalue weighted by Gasteiger charge is -2.10. The molecule has 2 rings (SSSR count). The van der Waals surface area contributed by atoms with Crippen molar-refractivity contribution >= 4 is 21.6 Å². The smallest absolute Gasteiger partial charge is 0.314 e. The SMILES string of the molecule is Cc1cc(CBr)ccc1Oc1c(F)cccc1[N+](=O)[O-]. The summed E-state index contributed by atoms with van der Waals surface area (Å²) in [6.07, 6.45) is 0. The van der Waals surface area contributed by atoms with Gasteiger partial charge in [-0.05, 0) is 30.2 Å². The number of nitro groups is 1. The molecule has 0 aliphatic carbocycles. The molecule has 0 bridgehead atoms. The Morgan fingerprint density at radius 2 is 2.10 bits per heavy atom. The van der Waals surface area contributed by atoms with Gasteiger partial charge < -0.3 is 4.74 Å². The van der Waals surface area contributed by atoms with E-state index in [9.17, 15) is 14.5 Å². The van der Waals surface area contributed by atoms with Gasteiger partial charge in [-0.15, -0.1) is 0 Å². The van der Waals surface area contributed by atoms with Crippen molar-refractivity contribution in [2.24, 2.45) is 0 Å². The van der Waals surface area contributed by atoms with Gasteiger partial charge in [-0.1, -0.05) is 34.1 Å². The monoisotopic (exact) mass is 339 g/mol. The fourth-order valence-corrected chi connectivity index (χ4v) is 2.11. The molecule has 0 aliphatic heterocycles. The zero-order chi connectivity index (χ0) is 14.7. The number of ether oxygens (including phenoxy) is 1. The van der Waals surface area contributed by atoms with Crippen molar-refractivity contribution in [3.05, 3.63) is 63.5 Å². The third-order valence-electron chi connectivity index (χ3n) is 2.75. The van der Waals surface area contributed by atoms with E-state index < -0.39 is 16.4 Å². The molecule has 0 fully saturated rings. The molecule has 0 amide bonds. The molecule has 2 aromatic carbocycles. The summed E-state index contributed by atoms with van der Waals surface area (Å²) >= 11 is 3.34. The Kier molecular flexibility index (Phi) is 4.34. The predicted octanol–water partition coefficient (Wildman–Crippen LogP) is 4.73. The summed E-state index contributed by atoms with van der Waals surface area (Å²) in [7, 11) is 0. The number of para-hydroxylation sites is 1. The second-order valence-corrected chi connectivity index (χ2v) is 4.74. The van der Waals surface area contributed by atoms with Crippen LogP contribution in [0.1, 0.15) is 11.1 Å².